The van der Waals surface area contributed by atoms with Crippen molar-refractivity contribution in [3.8, 4) is 0 Å². The van der Waals surface area contributed by atoms with E-state index < -0.39 is 0 Å². The Morgan fingerprint density at radius 3 is 2.50 bits per heavy atom. The molecule has 0 spiro atoms. The maximum absolute atomic E-state index is 2.52. The Morgan fingerprint density at radius 2 is 1.83 bits per heavy atom. The van der Waals surface area contributed by atoms with E-state index in [2.05, 4.69) is 43.3 Å². The largest absolute Gasteiger partial charge is 0.133 e. The average molecular weight is 257 g/mol. The average Bonchev–Trinajstić information content (AvgIpc) is 2.99. The lowest BCUT2D eigenvalue weighted by atomic mass is 9.86. The molecular formula is C17H21S+. The van der Waals surface area contributed by atoms with Crippen molar-refractivity contribution in [2.75, 3.05) is 11.5 Å². The molecule has 94 valence electrons. The normalized spacial score (nSPS) is 40.4. The molecule has 1 saturated heterocycles. The highest BCUT2D eigenvalue weighted by molar-refractivity contribution is 7.96. The first-order valence-electron chi connectivity index (χ1n) is 7.17. The van der Waals surface area contributed by atoms with Crippen LogP contribution < -0.4 is 0 Å². The molecule has 18 heavy (non-hydrogen) atoms. The number of hydrogen-bond donors (Lipinski definition) is 0. The van der Waals surface area contributed by atoms with Crippen molar-refractivity contribution >= 4 is 10.9 Å². The fourth-order valence-corrected chi connectivity index (χ4v) is 7.39. The summed E-state index contributed by atoms with van der Waals surface area (Å²) in [5, 5.41) is 0. The molecule has 2 aliphatic carbocycles. The monoisotopic (exact) mass is 257 g/mol. The van der Waals surface area contributed by atoms with Crippen LogP contribution in [0.1, 0.15) is 17.5 Å². The molecule has 5 atom stereocenters. The van der Waals surface area contributed by atoms with E-state index in [4.69, 9.17) is 0 Å². The van der Waals surface area contributed by atoms with Gasteiger partial charge in [0.1, 0.15) is 17.3 Å². The molecule has 0 aromatic heterocycles. The van der Waals surface area contributed by atoms with E-state index in [9.17, 15) is 0 Å². The molecule has 1 unspecified atom stereocenters. The Hall–Kier alpha value is -0.690. The minimum Gasteiger partial charge on any atom is -0.0846 e. The molecule has 0 radical (unpaired) electrons. The van der Waals surface area contributed by atoms with Crippen LogP contribution in [0.25, 0.3) is 0 Å². The predicted molar refractivity (Wildman–Crippen MR) is 79.7 cm³/mol. The van der Waals surface area contributed by atoms with Crippen molar-refractivity contribution in [1.82, 2.24) is 0 Å². The third-order valence-electron chi connectivity index (χ3n) is 5.11. The molecule has 4 rings (SSSR count). The summed E-state index contributed by atoms with van der Waals surface area (Å²) >= 11 is 0. The maximum Gasteiger partial charge on any atom is 0.133 e. The van der Waals surface area contributed by atoms with Gasteiger partial charge in [-0.3, -0.25) is 0 Å². The summed E-state index contributed by atoms with van der Waals surface area (Å²) in [6.45, 7) is 2.21. The highest BCUT2D eigenvalue weighted by Crippen LogP contribution is 2.52. The molecule has 1 aliphatic heterocycles. The lowest BCUT2D eigenvalue weighted by Gasteiger charge is -2.14. The van der Waals surface area contributed by atoms with E-state index in [0.29, 0.717) is 10.9 Å². The number of aryl methyl sites for hydroxylation is 1. The van der Waals surface area contributed by atoms with Gasteiger partial charge in [0.25, 0.3) is 0 Å². The molecule has 1 aromatic carbocycles. The van der Waals surface area contributed by atoms with E-state index in [1.807, 2.05) is 0 Å². The Kier molecular flexibility index (Phi) is 2.58. The smallest absolute Gasteiger partial charge is 0.0846 e. The second-order valence-electron chi connectivity index (χ2n) is 6.36. The summed E-state index contributed by atoms with van der Waals surface area (Å²) in [5.74, 6) is 8.38. The number of fused-ring (bicyclic) bond motifs is 5. The van der Waals surface area contributed by atoms with Gasteiger partial charge in [0.05, 0.1) is 0 Å². The Bertz CT molecular complexity index is 470. The van der Waals surface area contributed by atoms with Crippen molar-refractivity contribution in [3.05, 3.63) is 47.5 Å². The number of allylic oxidation sites excluding steroid dienone is 2. The fraction of sp³-hybridized carbons (Fsp3) is 0.529. The zero-order valence-electron chi connectivity index (χ0n) is 11.0. The summed E-state index contributed by atoms with van der Waals surface area (Å²) in [6.07, 6.45) is 6.52. The highest BCUT2D eigenvalue weighted by atomic mass is 32.2. The van der Waals surface area contributed by atoms with Crippen LogP contribution in [0.15, 0.2) is 36.4 Å². The van der Waals surface area contributed by atoms with Crippen LogP contribution in [-0.2, 0) is 16.6 Å². The molecule has 1 saturated carbocycles. The van der Waals surface area contributed by atoms with Gasteiger partial charge in [-0.2, -0.15) is 0 Å². The summed E-state index contributed by atoms with van der Waals surface area (Å²) < 4.78 is 0. The lowest BCUT2D eigenvalue weighted by molar-refractivity contribution is 0.395. The Labute approximate surface area is 113 Å². The van der Waals surface area contributed by atoms with Gasteiger partial charge in [-0.05, 0) is 36.1 Å². The summed E-state index contributed by atoms with van der Waals surface area (Å²) in [4.78, 5) is 0. The molecule has 0 nitrogen and oxygen atoms in total. The third-order valence-corrected chi connectivity index (χ3v) is 7.56. The lowest BCUT2D eigenvalue weighted by Crippen LogP contribution is -2.16. The standard InChI is InChI=1S/C17H21S/c1-12-3-2-4-13(7-12)9-18-10-16-14-5-6-15(8-14)17(16)11-18/h2-7,14-17H,8-11H2,1H3/q+1/t14-,15+,16-,17+,18?. The fourth-order valence-electron chi connectivity index (χ4n) is 4.29. The van der Waals surface area contributed by atoms with E-state index in [1.54, 1.807) is 5.56 Å². The molecule has 0 N–H and O–H groups in total. The quantitative estimate of drug-likeness (QED) is 0.561. The highest BCUT2D eigenvalue weighted by Gasteiger charge is 2.54. The first kappa shape index (κ1) is 11.2. The zero-order chi connectivity index (χ0) is 12.1. The molecule has 3 aliphatic rings. The van der Waals surface area contributed by atoms with Crippen LogP contribution in [0.4, 0.5) is 0 Å². The molecule has 0 amide bonds. The summed E-state index contributed by atoms with van der Waals surface area (Å²) in [6, 6.07) is 9.13. The molecule has 1 aromatic rings. The SMILES string of the molecule is Cc1cccc(C[S+]2C[C@@H]3[C@H](C2)[C@@H]2C=C[C@H]3C2)c1. The van der Waals surface area contributed by atoms with E-state index in [-0.39, 0.29) is 0 Å². The van der Waals surface area contributed by atoms with Crippen LogP contribution in [0.2, 0.25) is 0 Å². The second-order valence-corrected chi connectivity index (χ2v) is 8.54. The molecule has 1 heterocycles. The molecule has 2 fully saturated rings. The van der Waals surface area contributed by atoms with Crippen molar-refractivity contribution in [2.24, 2.45) is 23.7 Å². The van der Waals surface area contributed by atoms with Crippen LogP contribution >= 0.6 is 0 Å². The van der Waals surface area contributed by atoms with Crippen molar-refractivity contribution in [3.63, 3.8) is 0 Å². The second kappa shape index (κ2) is 4.16. The Morgan fingerprint density at radius 1 is 1.11 bits per heavy atom. The van der Waals surface area contributed by atoms with Gasteiger partial charge in [0.15, 0.2) is 0 Å². The van der Waals surface area contributed by atoms with Crippen molar-refractivity contribution in [1.29, 1.82) is 0 Å². The van der Waals surface area contributed by atoms with Crippen LogP contribution in [0.3, 0.4) is 0 Å². The van der Waals surface area contributed by atoms with Gasteiger partial charge < -0.3 is 0 Å². The first-order valence-corrected chi connectivity index (χ1v) is 8.91. The van der Waals surface area contributed by atoms with E-state index in [1.165, 1.54) is 29.2 Å². The van der Waals surface area contributed by atoms with Crippen LogP contribution in [0.5, 0.6) is 0 Å². The van der Waals surface area contributed by atoms with Crippen LogP contribution in [0, 0.1) is 30.6 Å². The maximum atomic E-state index is 2.52. The third kappa shape index (κ3) is 1.75. The predicted octanol–water partition coefficient (Wildman–Crippen LogP) is 3.57. The summed E-state index contributed by atoms with van der Waals surface area (Å²) in [5.41, 5.74) is 2.98. The molecular weight excluding hydrogens is 236 g/mol. The van der Waals surface area contributed by atoms with Crippen molar-refractivity contribution < 1.29 is 0 Å². The van der Waals surface area contributed by atoms with E-state index in [0.717, 1.165) is 23.7 Å². The van der Waals surface area contributed by atoms with Crippen molar-refractivity contribution in [2.45, 2.75) is 19.1 Å². The molecule has 2 bridgehead atoms. The number of hydrogen-bond acceptors (Lipinski definition) is 0. The van der Waals surface area contributed by atoms with E-state index >= 15 is 0 Å². The van der Waals surface area contributed by atoms with Gasteiger partial charge in [0.2, 0.25) is 0 Å². The van der Waals surface area contributed by atoms with Gasteiger partial charge in [-0.25, -0.2) is 0 Å². The topological polar surface area (TPSA) is 0 Å². The number of benzene rings is 1. The van der Waals surface area contributed by atoms with Crippen LogP contribution in [-0.4, -0.2) is 11.5 Å². The minimum atomic E-state index is 0.663. The summed E-state index contributed by atoms with van der Waals surface area (Å²) in [7, 11) is 0.663. The van der Waals surface area contributed by atoms with Gasteiger partial charge in [-0.15, -0.1) is 0 Å². The van der Waals surface area contributed by atoms with Gasteiger partial charge in [-0.1, -0.05) is 42.0 Å². The van der Waals surface area contributed by atoms with Gasteiger partial charge >= 0.3 is 0 Å². The molecule has 1 heteroatoms. The minimum absolute atomic E-state index is 0.663. The first-order chi connectivity index (χ1) is 8.79. The zero-order valence-corrected chi connectivity index (χ0v) is 11.8. The Balaban J connectivity index is 1.47. The van der Waals surface area contributed by atoms with Gasteiger partial charge in [0, 0.05) is 17.4 Å². The number of rotatable bonds is 2.